The Kier molecular flexibility index (Phi) is 2.34. The number of aromatic nitrogens is 2. The van der Waals surface area contributed by atoms with Gasteiger partial charge >= 0.3 is 0 Å². The standard InChI is InChI=1S/C11H11N3OS/c15-11-8-5-12-6-9(8)13-10(14-11)4-7-2-1-3-16-7/h1-3,12H,4-6H2,(H,13,14,15). The van der Waals surface area contributed by atoms with Gasteiger partial charge in [-0.1, -0.05) is 6.07 Å². The van der Waals surface area contributed by atoms with Crippen LogP contribution in [0, 0.1) is 0 Å². The number of thiophene rings is 1. The maximum Gasteiger partial charge on any atom is 0.255 e. The van der Waals surface area contributed by atoms with E-state index in [9.17, 15) is 4.79 Å². The molecule has 0 saturated heterocycles. The quantitative estimate of drug-likeness (QED) is 0.814. The summed E-state index contributed by atoms with van der Waals surface area (Å²) >= 11 is 1.68. The van der Waals surface area contributed by atoms with E-state index in [4.69, 9.17) is 0 Å². The molecule has 0 aromatic carbocycles. The van der Waals surface area contributed by atoms with E-state index in [1.807, 2.05) is 11.4 Å². The zero-order valence-electron chi connectivity index (χ0n) is 8.62. The average molecular weight is 233 g/mol. The zero-order chi connectivity index (χ0) is 11.0. The van der Waals surface area contributed by atoms with Crippen LogP contribution in [0.2, 0.25) is 0 Å². The summed E-state index contributed by atoms with van der Waals surface area (Å²) in [6, 6.07) is 4.06. The van der Waals surface area contributed by atoms with Crippen LogP contribution >= 0.6 is 11.3 Å². The number of nitrogens with zero attached hydrogens (tertiary/aromatic N) is 1. The van der Waals surface area contributed by atoms with Crippen LogP contribution in [0.5, 0.6) is 0 Å². The molecule has 0 fully saturated rings. The van der Waals surface area contributed by atoms with Gasteiger partial charge in [0.1, 0.15) is 5.82 Å². The van der Waals surface area contributed by atoms with E-state index in [0.717, 1.165) is 17.1 Å². The van der Waals surface area contributed by atoms with Gasteiger partial charge in [-0.05, 0) is 11.4 Å². The van der Waals surface area contributed by atoms with Crippen LogP contribution in [-0.4, -0.2) is 9.97 Å². The van der Waals surface area contributed by atoms with Gasteiger partial charge in [0.05, 0.1) is 11.3 Å². The van der Waals surface area contributed by atoms with Gasteiger partial charge in [-0.2, -0.15) is 0 Å². The Morgan fingerprint density at radius 3 is 3.19 bits per heavy atom. The van der Waals surface area contributed by atoms with Crippen LogP contribution in [0.25, 0.3) is 0 Å². The van der Waals surface area contributed by atoms with E-state index in [1.165, 1.54) is 4.88 Å². The van der Waals surface area contributed by atoms with Gasteiger partial charge in [-0.25, -0.2) is 4.98 Å². The van der Waals surface area contributed by atoms with Crippen LogP contribution in [0.3, 0.4) is 0 Å². The number of hydrogen-bond acceptors (Lipinski definition) is 4. The second kappa shape index (κ2) is 3.84. The Labute approximate surface area is 96.4 Å². The number of nitrogens with one attached hydrogen (secondary N) is 2. The highest BCUT2D eigenvalue weighted by Gasteiger charge is 2.16. The van der Waals surface area contributed by atoms with Crippen molar-refractivity contribution in [2.75, 3.05) is 0 Å². The molecule has 82 valence electrons. The molecule has 2 N–H and O–H groups in total. The third kappa shape index (κ3) is 1.68. The molecule has 0 amide bonds. The molecule has 0 atom stereocenters. The number of rotatable bonds is 2. The molecule has 3 heterocycles. The molecule has 0 spiro atoms. The monoisotopic (exact) mass is 233 g/mol. The van der Waals surface area contributed by atoms with Crippen molar-refractivity contribution >= 4 is 11.3 Å². The van der Waals surface area contributed by atoms with Crippen molar-refractivity contribution in [1.82, 2.24) is 15.3 Å². The first kappa shape index (κ1) is 9.74. The average Bonchev–Trinajstić information content (AvgIpc) is 2.87. The van der Waals surface area contributed by atoms with Gasteiger partial charge in [-0.3, -0.25) is 4.79 Å². The minimum absolute atomic E-state index is 0.00144. The Morgan fingerprint density at radius 2 is 2.38 bits per heavy atom. The van der Waals surface area contributed by atoms with Crippen molar-refractivity contribution in [2.45, 2.75) is 19.5 Å². The van der Waals surface area contributed by atoms with Crippen molar-refractivity contribution in [1.29, 1.82) is 0 Å². The van der Waals surface area contributed by atoms with E-state index in [2.05, 4.69) is 21.4 Å². The minimum Gasteiger partial charge on any atom is -0.310 e. The second-order valence-corrected chi connectivity index (χ2v) is 4.83. The van der Waals surface area contributed by atoms with E-state index < -0.39 is 0 Å². The Bertz CT molecular complexity index is 559. The lowest BCUT2D eigenvalue weighted by atomic mass is 10.2. The predicted octanol–water partition coefficient (Wildman–Crippen LogP) is 1.03. The molecule has 1 aliphatic heterocycles. The molecular formula is C11H11N3OS. The predicted molar refractivity (Wildman–Crippen MR) is 62.5 cm³/mol. The molecule has 16 heavy (non-hydrogen) atoms. The summed E-state index contributed by atoms with van der Waals surface area (Å²) in [4.78, 5) is 20.3. The Morgan fingerprint density at radius 1 is 1.44 bits per heavy atom. The SMILES string of the molecule is O=c1[nH]c(Cc2cccs2)nc2c1CNC2. The maximum atomic E-state index is 11.7. The summed E-state index contributed by atoms with van der Waals surface area (Å²) in [5, 5.41) is 5.16. The van der Waals surface area contributed by atoms with E-state index in [-0.39, 0.29) is 5.56 Å². The zero-order valence-corrected chi connectivity index (χ0v) is 9.43. The molecule has 5 heteroatoms. The molecule has 4 nitrogen and oxygen atoms in total. The first-order chi connectivity index (χ1) is 7.83. The maximum absolute atomic E-state index is 11.7. The lowest BCUT2D eigenvalue weighted by Crippen LogP contribution is -2.17. The van der Waals surface area contributed by atoms with Crippen molar-refractivity contribution in [3.63, 3.8) is 0 Å². The highest BCUT2D eigenvalue weighted by Crippen LogP contribution is 2.13. The lowest BCUT2D eigenvalue weighted by Gasteiger charge is -2.01. The van der Waals surface area contributed by atoms with Crippen LogP contribution in [0.4, 0.5) is 0 Å². The van der Waals surface area contributed by atoms with Crippen LogP contribution in [0.15, 0.2) is 22.3 Å². The minimum atomic E-state index is 0.00144. The molecule has 0 saturated carbocycles. The van der Waals surface area contributed by atoms with Crippen molar-refractivity contribution in [2.24, 2.45) is 0 Å². The largest absolute Gasteiger partial charge is 0.310 e. The molecule has 0 unspecified atom stereocenters. The fourth-order valence-electron chi connectivity index (χ4n) is 1.89. The summed E-state index contributed by atoms with van der Waals surface area (Å²) < 4.78 is 0. The molecule has 0 aliphatic carbocycles. The number of hydrogen-bond donors (Lipinski definition) is 2. The van der Waals surface area contributed by atoms with Gasteiger partial charge in [0.25, 0.3) is 5.56 Å². The van der Waals surface area contributed by atoms with Crippen LogP contribution in [-0.2, 0) is 19.5 Å². The number of aromatic amines is 1. The van der Waals surface area contributed by atoms with Gasteiger partial charge < -0.3 is 10.3 Å². The molecule has 1 aliphatic rings. The summed E-state index contributed by atoms with van der Waals surface area (Å²) in [5.74, 6) is 0.759. The van der Waals surface area contributed by atoms with E-state index in [1.54, 1.807) is 11.3 Å². The first-order valence-corrected chi connectivity index (χ1v) is 6.05. The summed E-state index contributed by atoms with van der Waals surface area (Å²) in [6.45, 7) is 1.34. The number of fused-ring (bicyclic) bond motifs is 1. The van der Waals surface area contributed by atoms with Crippen molar-refractivity contribution in [3.05, 3.63) is 49.8 Å². The molecule has 0 bridgehead atoms. The lowest BCUT2D eigenvalue weighted by molar-refractivity contribution is 0.755. The van der Waals surface area contributed by atoms with Crippen LogP contribution < -0.4 is 10.9 Å². The van der Waals surface area contributed by atoms with Crippen molar-refractivity contribution in [3.8, 4) is 0 Å². The summed E-state index contributed by atoms with van der Waals surface area (Å²) in [5.41, 5.74) is 1.69. The molecule has 2 aromatic rings. The van der Waals surface area contributed by atoms with E-state index >= 15 is 0 Å². The highest BCUT2D eigenvalue weighted by atomic mass is 32.1. The summed E-state index contributed by atoms with van der Waals surface area (Å²) in [7, 11) is 0. The highest BCUT2D eigenvalue weighted by molar-refractivity contribution is 7.09. The summed E-state index contributed by atoms with van der Waals surface area (Å²) in [6.07, 6.45) is 0.709. The van der Waals surface area contributed by atoms with Gasteiger partial charge in [0, 0.05) is 24.4 Å². The molecule has 0 radical (unpaired) electrons. The first-order valence-electron chi connectivity index (χ1n) is 5.17. The Hall–Kier alpha value is -1.46. The fraction of sp³-hybridized carbons (Fsp3) is 0.273. The molecule has 3 rings (SSSR count). The fourth-order valence-corrected chi connectivity index (χ4v) is 2.60. The molecule has 2 aromatic heterocycles. The smallest absolute Gasteiger partial charge is 0.255 e. The second-order valence-electron chi connectivity index (χ2n) is 3.80. The van der Waals surface area contributed by atoms with Crippen LogP contribution in [0.1, 0.15) is 22.0 Å². The van der Waals surface area contributed by atoms with Crippen molar-refractivity contribution < 1.29 is 0 Å². The van der Waals surface area contributed by atoms with Gasteiger partial charge in [0.2, 0.25) is 0 Å². The van der Waals surface area contributed by atoms with Gasteiger partial charge in [-0.15, -0.1) is 11.3 Å². The molecular weight excluding hydrogens is 222 g/mol. The van der Waals surface area contributed by atoms with Gasteiger partial charge in [0.15, 0.2) is 0 Å². The third-order valence-corrected chi connectivity index (χ3v) is 3.54. The Balaban J connectivity index is 1.97. The van der Waals surface area contributed by atoms with E-state index in [0.29, 0.717) is 19.5 Å². The topological polar surface area (TPSA) is 57.8 Å². The number of H-pyrrole nitrogens is 1. The normalized spacial score (nSPS) is 14.0. The third-order valence-electron chi connectivity index (χ3n) is 2.67.